The molecule has 0 bridgehead atoms. The van der Waals surface area contributed by atoms with Crippen LogP contribution in [-0.2, 0) is 11.2 Å². The molecule has 3 heterocycles. The van der Waals surface area contributed by atoms with E-state index < -0.39 is 5.60 Å². The molecule has 1 fully saturated rings. The van der Waals surface area contributed by atoms with E-state index in [1.54, 1.807) is 4.90 Å². The third-order valence-corrected chi connectivity index (χ3v) is 4.94. The lowest BCUT2D eigenvalue weighted by molar-refractivity contribution is 0.0137. The van der Waals surface area contributed by atoms with Crippen molar-refractivity contribution in [1.82, 2.24) is 25.1 Å². The number of nitrogens with one attached hydrogen (secondary N) is 2. The molecule has 0 radical (unpaired) electrons. The van der Waals surface area contributed by atoms with Gasteiger partial charge in [0, 0.05) is 32.6 Å². The Labute approximate surface area is 188 Å². The van der Waals surface area contributed by atoms with Crippen molar-refractivity contribution in [3.05, 3.63) is 30.1 Å². The van der Waals surface area contributed by atoms with Gasteiger partial charge in [-0.1, -0.05) is 12.1 Å². The second-order valence-corrected chi connectivity index (χ2v) is 8.32. The quantitative estimate of drug-likeness (QED) is 0.618. The minimum absolute atomic E-state index is 0. The highest BCUT2D eigenvalue weighted by atomic mass is 127. The number of aromatic nitrogens is 2. The summed E-state index contributed by atoms with van der Waals surface area (Å²) in [6, 6.07) is 8.27. The monoisotopic (exact) mass is 512 g/mol. The number of hydrogen-bond donors (Lipinski definition) is 2. The molecule has 8 nitrogen and oxygen atoms in total. The predicted octanol–water partition coefficient (Wildman–Crippen LogP) is 2.60. The Bertz CT molecular complexity index is 857. The second kappa shape index (κ2) is 8.76. The second-order valence-electron chi connectivity index (χ2n) is 8.32. The maximum absolute atomic E-state index is 12.3. The number of ether oxygens (including phenoxy) is 1. The van der Waals surface area contributed by atoms with Crippen LogP contribution in [0.2, 0.25) is 0 Å². The molecular formula is C20H29IN6O2. The van der Waals surface area contributed by atoms with Crippen LogP contribution in [0.1, 0.15) is 26.6 Å². The number of aliphatic imine (C=N–C) groups is 1. The molecule has 4 rings (SSSR count). The Morgan fingerprint density at radius 2 is 2.10 bits per heavy atom. The van der Waals surface area contributed by atoms with E-state index >= 15 is 0 Å². The lowest BCUT2D eigenvalue weighted by Crippen LogP contribution is -2.57. The minimum Gasteiger partial charge on any atom is -0.444 e. The summed E-state index contributed by atoms with van der Waals surface area (Å²) in [6.45, 7) is 9.20. The van der Waals surface area contributed by atoms with Crippen LogP contribution in [0.4, 0.5) is 4.79 Å². The highest BCUT2D eigenvalue weighted by Gasteiger charge is 2.36. The number of imidazole rings is 1. The van der Waals surface area contributed by atoms with E-state index in [9.17, 15) is 4.79 Å². The first-order chi connectivity index (χ1) is 13.4. The summed E-state index contributed by atoms with van der Waals surface area (Å²) in [6.07, 6.45) is 0.564. The van der Waals surface area contributed by atoms with Crippen molar-refractivity contribution in [2.75, 3.05) is 32.7 Å². The fourth-order valence-corrected chi connectivity index (χ4v) is 3.64. The molecule has 1 aromatic heterocycles. The molecule has 29 heavy (non-hydrogen) atoms. The molecule has 0 aliphatic carbocycles. The van der Waals surface area contributed by atoms with Gasteiger partial charge in [-0.15, -0.1) is 24.0 Å². The molecule has 2 aromatic rings. The van der Waals surface area contributed by atoms with Crippen molar-refractivity contribution in [1.29, 1.82) is 0 Å². The zero-order chi connectivity index (χ0) is 19.7. The Morgan fingerprint density at radius 3 is 2.86 bits per heavy atom. The fraction of sp³-hybridized carbons (Fsp3) is 0.550. The number of fused-ring (bicyclic) bond motifs is 2. The Hall–Kier alpha value is -2.04. The zero-order valence-electron chi connectivity index (χ0n) is 17.1. The average molecular weight is 512 g/mol. The first-order valence-electron chi connectivity index (χ1n) is 9.85. The molecule has 0 spiro atoms. The van der Waals surface area contributed by atoms with E-state index in [-0.39, 0.29) is 36.1 Å². The van der Waals surface area contributed by atoms with Crippen molar-refractivity contribution >= 4 is 47.1 Å². The number of benzene rings is 1. The number of carbonyl (C=O) groups is 1. The van der Waals surface area contributed by atoms with Gasteiger partial charge in [-0.3, -0.25) is 4.99 Å². The third kappa shape index (κ3) is 5.12. The topological polar surface area (TPSA) is 85.9 Å². The number of para-hydroxylation sites is 2. The molecule has 2 aliphatic rings. The van der Waals surface area contributed by atoms with Crippen molar-refractivity contribution in [2.45, 2.75) is 38.8 Å². The third-order valence-electron chi connectivity index (χ3n) is 4.94. The predicted molar refractivity (Wildman–Crippen MR) is 124 cm³/mol. The molecule has 0 saturated carbocycles. The van der Waals surface area contributed by atoms with Gasteiger partial charge in [-0.2, -0.15) is 0 Å². The van der Waals surface area contributed by atoms with Gasteiger partial charge in [0.05, 0.1) is 23.6 Å². The summed E-state index contributed by atoms with van der Waals surface area (Å²) >= 11 is 0. The first-order valence-corrected chi connectivity index (χ1v) is 9.85. The number of carbonyl (C=O) groups excluding carboxylic acids is 1. The van der Waals surface area contributed by atoms with E-state index in [1.165, 1.54) is 0 Å². The number of rotatable bonds is 3. The average Bonchev–Trinajstić information content (AvgIpc) is 3.23. The summed E-state index contributed by atoms with van der Waals surface area (Å²) in [7, 11) is 0. The Morgan fingerprint density at radius 1 is 1.31 bits per heavy atom. The van der Waals surface area contributed by atoms with Crippen molar-refractivity contribution < 1.29 is 9.53 Å². The smallest absolute Gasteiger partial charge is 0.410 e. The van der Waals surface area contributed by atoms with Crippen LogP contribution in [0.5, 0.6) is 0 Å². The Balaban J connectivity index is 0.00000240. The Kier molecular flexibility index (Phi) is 6.55. The highest BCUT2D eigenvalue weighted by Crippen LogP contribution is 2.18. The van der Waals surface area contributed by atoms with Gasteiger partial charge < -0.3 is 24.8 Å². The van der Waals surface area contributed by atoms with Crippen LogP contribution in [0.25, 0.3) is 11.0 Å². The molecule has 1 unspecified atom stereocenters. The summed E-state index contributed by atoms with van der Waals surface area (Å²) in [5.74, 6) is 1.89. The molecule has 1 amide bonds. The summed E-state index contributed by atoms with van der Waals surface area (Å²) in [5, 5.41) is 3.44. The largest absolute Gasteiger partial charge is 0.444 e. The van der Waals surface area contributed by atoms with Crippen LogP contribution in [0.3, 0.4) is 0 Å². The zero-order valence-corrected chi connectivity index (χ0v) is 19.5. The molecule has 9 heteroatoms. The molecule has 2 aliphatic heterocycles. The lowest BCUT2D eigenvalue weighted by atomic mass is 10.2. The van der Waals surface area contributed by atoms with E-state index in [0.717, 1.165) is 42.3 Å². The first kappa shape index (κ1) is 21.7. The number of H-pyrrole nitrogens is 1. The highest BCUT2D eigenvalue weighted by molar-refractivity contribution is 14.0. The van der Waals surface area contributed by atoms with Gasteiger partial charge in [0.15, 0.2) is 5.96 Å². The van der Waals surface area contributed by atoms with Gasteiger partial charge in [-0.05, 0) is 32.9 Å². The van der Waals surface area contributed by atoms with Gasteiger partial charge in [0.25, 0.3) is 0 Å². The maximum Gasteiger partial charge on any atom is 0.410 e. The summed E-state index contributed by atoms with van der Waals surface area (Å²) in [5.41, 5.74) is 1.59. The number of piperazine rings is 1. The van der Waals surface area contributed by atoms with Gasteiger partial charge in [0.1, 0.15) is 11.4 Å². The van der Waals surface area contributed by atoms with Crippen LogP contribution in [-0.4, -0.2) is 76.2 Å². The number of hydrogen-bond acceptors (Lipinski definition) is 6. The number of guanidine groups is 1. The van der Waals surface area contributed by atoms with Crippen LogP contribution in [0.15, 0.2) is 29.3 Å². The fourth-order valence-electron chi connectivity index (χ4n) is 3.64. The molecule has 2 N–H and O–H groups in total. The van der Waals surface area contributed by atoms with Crippen molar-refractivity contribution in [3.8, 4) is 0 Å². The molecule has 1 aromatic carbocycles. The maximum atomic E-state index is 12.3. The van der Waals surface area contributed by atoms with E-state index in [4.69, 9.17) is 4.74 Å². The van der Waals surface area contributed by atoms with Crippen LogP contribution < -0.4 is 5.32 Å². The standard InChI is InChI=1S/C20H28N6O2.HI/c1-20(2,3)28-19(27)25-10-11-26-14(13-25)12-22-18(26)21-9-8-17-23-15-6-4-5-7-16(15)24-17;/h4-7,14H,8-13H2,1-3H3,(H,21,22)(H,23,24);1H. The molecule has 1 saturated heterocycles. The normalized spacial score (nSPS) is 18.9. The van der Waals surface area contributed by atoms with Gasteiger partial charge in [0.2, 0.25) is 0 Å². The van der Waals surface area contributed by atoms with Gasteiger partial charge >= 0.3 is 6.09 Å². The molecule has 158 valence electrons. The number of nitrogens with zero attached hydrogens (tertiary/aromatic N) is 4. The van der Waals surface area contributed by atoms with Crippen molar-refractivity contribution in [3.63, 3.8) is 0 Å². The molecular weight excluding hydrogens is 483 g/mol. The lowest BCUT2D eigenvalue weighted by Gasteiger charge is -2.39. The van der Waals surface area contributed by atoms with Gasteiger partial charge in [-0.25, -0.2) is 9.78 Å². The number of amides is 1. The van der Waals surface area contributed by atoms with Crippen LogP contribution in [0, 0.1) is 0 Å². The summed E-state index contributed by atoms with van der Waals surface area (Å²) in [4.78, 5) is 29.0. The summed E-state index contributed by atoms with van der Waals surface area (Å²) < 4.78 is 5.50. The van der Waals surface area contributed by atoms with Crippen molar-refractivity contribution in [2.24, 2.45) is 4.99 Å². The van der Waals surface area contributed by atoms with E-state index in [0.29, 0.717) is 19.6 Å². The SMILES string of the molecule is CC(C)(C)OC(=O)N1CCN2C(NCCc3nc4ccccc4[nH]3)=NCC2C1.I. The van der Waals surface area contributed by atoms with Crippen LogP contribution >= 0.6 is 24.0 Å². The minimum atomic E-state index is -0.468. The van der Waals surface area contributed by atoms with E-state index in [1.807, 2.05) is 45.0 Å². The number of halogens is 1. The molecule has 1 atom stereocenters. The number of aromatic amines is 1. The van der Waals surface area contributed by atoms with E-state index in [2.05, 4.69) is 25.2 Å².